The first kappa shape index (κ1) is 17.7. The summed E-state index contributed by atoms with van der Waals surface area (Å²) < 4.78 is 5.08. The van der Waals surface area contributed by atoms with Crippen LogP contribution in [0.3, 0.4) is 0 Å². The number of carbonyl (C=O) groups excluding carboxylic acids is 3. The van der Waals surface area contributed by atoms with E-state index < -0.39 is 35.8 Å². The molecule has 0 unspecified atom stereocenters. The zero-order valence-corrected chi connectivity index (χ0v) is 14.9. The molecule has 1 fully saturated rings. The average Bonchev–Trinajstić information content (AvgIpc) is 3.17. The fourth-order valence-electron chi connectivity index (χ4n) is 3.70. The molecule has 2 aliphatic heterocycles. The Hall–Kier alpha value is -3.68. The van der Waals surface area contributed by atoms with Gasteiger partial charge in [0, 0.05) is 12.1 Å². The highest BCUT2D eigenvalue weighted by Gasteiger charge is 2.52. The normalized spacial score (nSPS) is 21.2. The highest BCUT2D eigenvalue weighted by molar-refractivity contribution is 6.24. The second-order valence-corrected chi connectivity index (χ2v) is 6.54. The summed E-state index contributed by atoms with van der Waals surface area (Å²) in [6.45, 7) is 0. The van der Waals surface area contributed by atoms with Crippen molar-refractivity contribution in [3.8, 4) is 5.75 Å². The summed E-state index contributed by atoms with van der Waals surface area (Å²) in [6, 6.07) is 10.3. The molecule has 2 aliphatic rings. The zero-order chi connectivity index (χ0) is 20.0. The van der Waals surface area contributed by atoms with Gasteiger partial charge in [0.2, 0.25) is 0 Å². The Labute approximate surface area is 159 Å². The topological polar surface area (TPSA) is 104 Å². The lowest BCUT2D eigenvalue weighted by Gasteiger charge is -2.23. The van der Waals surface area contributed by atoms with Crippen LogP contribution in [0.1, 0.15) is 27.1 Å². The minimum absolute atomic E-state index is 0.175. The molecule has 3 amide bonds. The van der Waals surface area contributed by atoms with E-state index in [0.717, 1.165) is 9.80 Å². The molecule has 1 saturated heterocycles. The lowest BCUT2D eigenvalue weighted by Crippen LogP contribution is -2.45. The number of anilines is 1. The van der Waals surface area contributed by atoms with Crippen LogP contribution in [-0.2, 0) is 9.59 Å². The number of carboxylic acids is 1. The third-order valence-corrected chi connectivity index (χ3v) is 5.05. The predicted octanol–water partition coefficient (Wildman–Crippen LogP) is 1.55. The van der Waals surface area contributed by atoms with Crippen LogP contribution >= 0.6 is 0 Å². The van der Waals surface area contributed by atoms with Crippen LogP contribution in [0.2, 0.25) is 0 Å². The van der Waals surface area contributed by atoms with E-state index in [4.69, 9.17) is 4.74 Å². The van der Waals surface area contributed by atoms with Crippen LogP contribution in [0.25, 0.3) is 0 Å². The van der Waals surface area contributed by atoms with Crippen molar-refractivity contribution in [3.05, 3.63) is 59.7 Å². The maximum atomic E-state index is 13.1. The van der Waals surface area contributed by atoms with E-state index in [2.05, 4.69) is 0 Å². The second kappa shape index (κ2) is 6.49. The van der Waals surface area contributed by atoms with E-state index in [0.29, 0.717) is 11.4 Å². The van der Waals surface area contributed by atoms with Crippen LogP contribution in [-0.4, -0.2) is 52.9 Å². The van der Waals surface area contributed by atoms with Crippen molar-refractivity contribution in [2.45, 2.75) is 18.5 Å². The van der Waals surface area contributed by atoms with Crippen LogP contribution in [0.15, 0.2) is 48.5 Å². The zero-order valence-electron chi connectivity index (χ0n) is 14.9. The van der Waals surface area contributed by atoms with Gasteiger partial charge in [-0.1, -0.05) is 12.1 Å². The fraction of sp³-hybridized carbons (Fsp3) is 0.200. The lowest BCUT2D eigenvalue weighted by molar-refractivity contribution is -0.138. The van der Waals surface area contributed by atoms with Crippen LogP contribution in [0.5, 0.6) is 5.75 Å². The minimum atomic E-state index is -1.21. The summed E-state index contributed by atoms with van der Waals surface area (Å²) >= 11 is 0. The molecule has 0 aliphatic carbocycles. The van der Waals surface area contributed by atoms with Crippen molar-refractivity contribution in [1.82, 2.24) is 4.90 Å². The molecule has 0 radical (unpaired) electrons. The van der Waals surface area contributed by atoms with Gasteiger partial charge in [-0.3, -0.25) is 24.2 Å². The monoisotopic (exact) mass is 380 g/mol. The summed E-state index contributed by atoms with van der Waals surface area (Å²) in [5, 5.41) is 9.62. The smallest absolute Gasteiger partial charge is 0.326 e. The quantitative estimate of drug-likeness (QED) is 0.807. The number of ether oxygens (including phenoxy) is 1. The van der Waals surface area contributed by atoms with Crippen molar-refractivity contribution in [1.29, 1.82) is 0 Å². The fourth-order valence-corrected chi connectivity index (χ4v) is 3.70. The molecule has 8 heteroatoms. The van der Waals surface area contributed by atoms with E-state index in [1.165, 1.54) is 19.2 Å². The van der Waals surface area contributed by atoms with E-state index in [1.54, 1.807) is 36.4 Å². The molecular formula is C20H16N2O6. The molecule has 2 aromatic carbocycles. The van der Waals surface area contributed by atoms with Gasteiger partial charge in [-0.15, -0.1) is 0 Å². The van der Waals surface area contributed by atoms with Gasteiger partial charge in [-0.05, 0) is 36.4 Å². The molecular weight excluding hydrogens is 364 g/mol. The Morgan fingerprint density at radius 3 is 2.04 bits per heavy atom. The van der Waals surface area contributed by atoms with Crippen molar-refractivity contribution in [2.24, 2.45) is 0 Å². The van der Waals surface area contributed by atoms with Gasteiger partial charge in [0.15, 0.2) is 0 Å². The molecule has 0 aromatic heterocycles. The second-order valence-electron chi connectivity index (χ2n) is 6.54. The first-order valence-corrected chi connectivity index (χ1v) is 8.61. The van der Waals surface area contributed by atoms with Gasteiger partial charge in [0.05, 0.1) is 18.2 Å². The Morgan fingerprint density at radius 1 is 0.964 bits per heavy atom. The van der Waals surface area contributed by atoms with Gasteiger partial charge in [-0.25, -0.2) is 4.79 Å². The standard InChI is InChI=1S/C20H16N2O6/c1-28-12-8-6-11(7-9-12)21-16(20(26)27)10-15(19(21)25)22-17(23)13-4-2-3-5-14(13)18(22)24/h2-9,15-16H,10H2,1H3,(H,26,27)/t15-,16-/m0/s1. The first-order chi connectivity index (χ1) is 13.4. The molecule has 0 spiro atoms. The number of imide groups is 1. The van der Waals surface area contributed by atoms with Gasteiger partial charge in [0.25, 0.3) is 17.7 Å². The Kier molecular flexibility index (Phi) is 4.11. The molecule has 2 aromatic rings. The number of nitrogens with zero attached hydrogens (tertiary/aromatic N) is 2. The largest absolute Gasteiger partial charge is 0.497 e. The Balaban J connectivity index is 1.70. The number of rotatable bonds is 4. The molecule has 0 saturated carbocycles. The molecule has 28 heavy (non-hydrogen) atoms. The number of carboxylic acid groups (broad SMARTS) is 1. The third-order valence-electron chi connectivity index (χ3n) is 5.05. The summed E-state index contributed by atoms with van der Waals surface area (Å²) in [5.74, 6) is -2.42. The van der Waals surface area contributed by atoms with Crippen molar-refractivity contribution in [3.63, 3.8) is 0 Å². The van der Waals surface area contributed by atoms with E-state index in [9.17, 15) is 24.3 Å². The van der Waals surface area contributed by atoms with Crippen LogP contribution in [0.4, 0.5) is 5.69 Å². The summed E-state index contributed by atoms with van der Waals surface area (Å²) in [5.41, 5.74) is 0.794. The molecule has 4 rings (SSSR count). The highest BCUT2D eigenvalue weighted by Crippen LogP contribution is 2.34. The van der Waals surface area contributed by atoms with Gasteiger partial charge < -0.3 is 9.84 Å². The maximum absolute atomic E-state index is 13.1. The highest BCUT2D eigenvalue weighted by atomic mass is 16.5. The van der Waals surface area contributed by atoms with Gasteiger partial charge in [0.1, 0.15) is 17.8 Å². The Morgan fingerprint density at radius 2 is 1.54 bits per heavy atom. The number of hydrogen-bond acceptors (Lipinski definition) is 5. The Bertz CT molecular complexity index is 965. The molecule has 0 bridgehead atoms. The van der Waals surface area contributed by atoms with Crippen molar-refractivity contribution >= 4 is 29.4 Å². The molecule has 2 heterocycles. The number of methoxy groups -OCH3 is 1. The van der Waals surface area contributed by atoms with Crippen molar-refractivity contribution in [2.75, 3.05) is 12.0 Å². The number of carbonyl (C=O) groups is 4. The average molecular weight is 380 g/mol. The molecule has 2 atom stereocenters. The minimum Gasteiger partial charge on any atom is -0.497 e. The summed E-state index contributed by atoms with van der Waals surface area (Å²) in [7, 11) is 1.49. The SMILES string of the molecule is COc1ccc(N2C(=O)[C@@H](N3C(=O)c4ccccc4C3=O)C[C@H]2C(=O)O)cc1. The van der Waals surface area contributed by atoms with E-state index in [-0.39, 0.29) is 17.5 Å². The third kappa shape index (κ3) is 2.53. The molecule has 142 valence electrons. The van der Waals surface area contributed by atoms with Gasteiger partial charge in [-0.2, -0.15) is 0 Å². The first-order valence-electron chi connectivity index (χ1n) is 8.61. The van der Waals surface area contributed by atoms with Crippen LogP contribution < -0.4 is 9.64 Å². The summed E-state index contributed by atoms with van der Waals surface area (Å²) in [4.78, 5) is 52.3. The lowest BCUT2D eigenvalue weighted by atomic mass is 10.1. The number of benzene rings is 2. The number of aliphatic carboxylic acids is 1. The van der Waals surface area contributed by atoms with Gasteiger partial charge >= 0.3 is 5.97 Å². The van der Waals surface area contributed by atoms with Crippen molar-refractivity contribution < 1.29 is 29.0 Å². The van der Waals surface area contributed by atoms with E-state index >= 15 is 0 Å². The number of fused-ring (bicyclic) bond motifs is 1. The number of amides is 3. The summed E-state index contributed by atoms with van der Waals surface area (Å²) in [6.07, 6.45) is -0.175. The predicted molar refractivity (Wildman–Crippen MR) is 97.3 cm³/mol. The molecule has 8 nitrogen and oxygen atoms in total. The number of hydrogen-bond donors (Lipinski definition) is 1. The maximum Gasteiger partial charge on any atom is 0.326 e. The van der Waals surface area contributed by atoms with Crippen LogP contribution in [0, 0.1) is 0 Å². The van der Waals surface area contributed by atoms with E-state index in [1.807, 2.05) is 0 Å². The molecule has 1 N–H and O–H groups in total.